The summed E-state index contributed by atoms with van der Waals surface area (Å²) < 4.78 is 5.32. The zero-order valence-electron chi connectivity index (χ0n) is 13.3. The quantitative estimate of drug-likeness (QED) is 0.845. The first kappa shape index (κ1) is 17.3. The highest BCUT2D eigenvalue weighted by atomic mass is 16.6. The molecule has 21 heavy (non-hydrogen) atoms. The predicted octanol–water partition coefficient (Wildman–Crippen LogP) is 1.17. The number of rotatable bonds is 3. The van der Waals surface area contributed by atoms with Gasteiger partial charge in [0.1, 0.15) is 18.2 Å². The van der Waals surface area contributed by atoms with E-state index >= 15 is 0 Å². The molecular weight excluding hydrogens is 276 g/mol. The Morgan fingerprint density at radius 2 is 1.90 bits per heavy atom. The van der Waals surface area contributed by atoms with Gasteiger partial charge in [-0.3, -0.25) is 14.5 Å². The van der Waals surface area contributed by atoms with Gasteiger partial charge >= 0.3 is 12.1 Å². The number of carboxylic acid groups (broad SMARTS) is 1. The highest BCUT2D eigenvalue weighted by molar-refractivity contribution is 5.89. The van der Waals surface area contributed by atoms with Gasteiger partial charge in [-0.05, 0) is 26.7 Å². The summed E-state index contributed by atoms with van der Waals surface area (Å²) in [6.45, 7) is 9.07. The van der Waals surface area contributed by atoms with Gasteiger partial charge in [0.15, 0.2) is 0 Å². The second-order valence-corrected chi connectivity index (χ2v) is 6.52. The zero-order valence-corrected chi connectivity index (χ0v) is 13.3. The monoisotopic (exact) mass is 300 g/mol. The minimum Gasteiger partial charge on any atom is -0.480 e. The molecule has 0 radical (unpaired) electrons. The molecule has 1 aliphatic rings. The van der Waals surface area contributed by atoms with E-state index in [0.29, 0.717) is 0 Å². The standard InChI is InChI=1S/C14H24N2O5/c1-9(2)11-12(19)15(8-10(17)18)6-7-16(11)13(20)21-14(3,4)5/h9,11H,6-8H2,1-5H3,(H,17,18)/t11-/m0/s1. The van der Waals surface area contributed by atoms with Crippen molar-refractivity contribution >= 4 is 18.0 Å². The van der Waals surface area contributed by atoms with Gasteiger partial charge in [0.25, 0.3) is 0 Å². The molecule has 120 valence electrons. The number of amides is 2. The average molecular weight is 300 g/mol. The molecule has 7 nitrogen and oxygen atoms in total. The van der Waals surface area contributed by atoms with Gasteiger partial charge in [-0.25, -0.2) is 4.79 Å². The van der Waals surface area contributed by atoms with Crippen LogP contribution in [-0.4, -0.2) is 64.2 Å². The summed E-state index contributed by atoms with van der Waals surface area (Å²) in [4.78, 5) is 38.1. The van der Waals surface area contributed by atoms with Crippen LogP contribution in [0.3, 0.4) is 0 Å². The Balaban J connectivity index is 2.90. The molecule has 1 saturated heterocycles. The van der Waals surface area contributed by atoms with Gasteiger partial charge in [-0.1, -0.05) is 13.8 Å². The van der Waals surface area contributed by atoms with Crippen LogP contribution in [0.25, 0.3) is 0 Å². The fourth-order valence-electron chi connectivity index (χ4n) is 2.29. The van der Waals surface area contributed by atoms with Crippen LogP contribution in [0.2, 0.25) is 0 Å². The Hall–Kier alpha value is -1.79. The lowest BCUT2D eigenvalue weighted by Crippen LogP contribution is -2.61. The van der Waals surface area contributed by atoms with Crippen molar-refractivity contribution in [1.29, 1.82) is 0 Å². The zero-order chi connectivity index (χ0) is 16.4. The molecule has 2 amide bonds. The van der Waals surface area contributed by atoms with Crippen LogP contribution in [-0.2, 0) is 14.3 Å². The van der Waals surface area contributed by atoms with Crippen LogP contribution < -0.4 is 0 Å². The number of piperazine rings is 1. The predicted molar refractivity (Wildman–Crippen MR) is 75.8 cm³/mol. The third-order valence-electron chi connectivity index (χ3n) is 3.10. The lowest BCUT2D eigenvalue weighted by atomic mass is 9.99. The molecule has 0 aromatic rings. The average Bonchev–Trinajstić information content (AvgIpc) is 2.27. The Morgan fingerprint density at radius 1 is 1.33 bits per heavy atom. The van der Waals surface area contributed by atoms with Crippen molar-refractivity contribution in [3.8, 4) is 0 Å². The van der Waals surface area contributed by atoms with Gasteiger partial charge < -0.3 is 14.7 Å². The summed E-state index contributed by atoms with van der Waals surface area (Å²) in [7, 11) is 0. The van der Waals surface area contributed by atoms with E-state index in [1.165, 1.54) is 9.80 Å². The van der Waals surface area contributed by atoms with Crippen molar-refractivity contribution in [1.82, 2.24) is 9.80 Å². The maximum Gasteiger partial charge on any atom is 0.411 e. The Morgan fingerprint density at radius 3 is 2.33 bits per heavy atom. The van der Waals surface area contributed by atoms with Crippen LogP contribution in [0.4, 0.5) is 4.79 Å². The first-order chi connectivity index (χ1) is 9.53. The highest BCUT2D eigenvalue weighted by Crippen LogP contribution is 2.21. The number of ether oxygens (including phenoxy) is 1. The molecule has 1 fully saturated rings. The number of hydrogen-bond donors (Lipinski definition) is 1. The Kier molecular flexibility index (Phi) is 5.20. The second-order valence-electron chi connectivity index (χ2n) is 6.52. The molecule has 0 saturated carbocycles. The number of carboxylic acids is 1. The SMILES string of the molecule is CC(C)[C@H]1C(=O)N(CC(=O)O)CCN1C(=O)OC(C)(C)C. The van der Waals surface area contributed by atoms with Gasteiger partial charge in [0, 0.05) is 13.1 Å². The number of carbonyl (C=O) groups excluding carboxylic acids is 2. The van der Waals surface area contributed by atoms with Crippen LogP contribution in [0.15, 0.2) is 0 Å². The van der Waals surface area contributed by atoms with Gasteiger partial charge in [-0.2, -0.15) is 0 Å². The van der Waals surface area contributed by atoms with Crippen molar-refractivity contribution in [2.45, 2.75) is 46.3 Å². The van der Waals surface area contributed by atoms with E-state index in [1.54, 1.807) is 20.8 Å². The molecule has 1 heterocycles. The van der Waals surface area contributed by atoms with Crippen LogP contribution in [0.1, 0.15) is 34.6 Å². The number of aliphatic carboxylic acids is 1. The fourth-order valence-corrected chi connectivity index (χ4v) is 2.29. The number of hydrogen-bond acceptors (Lipinski definition) is 4. The summed E-state index contributed by atoms with van der Waals surface area (Å²) in [6.07, 6.45) is -0.537. The van der Waals surface area contributed by atoms with Gasteiger partial charge in [0.2, 0.25) is 5.91 Å². The fraction of sp³-hybridized carbons (Fsp3) is 0.786. The largest absolute Gasteiger partial charge is 0.480 e. The summed E-state index contributed by atoms with van der Waals surface area (Å²) >= 11 is 0. The van der Waals surface area contributed by atoms with Crippen molar-refractivity contribution in [2.75, 3.05) is 19.6 Å². The molecule has 0 unspecified atom stereocenters. The number of carbonyl (C=O) groups is 3. The third-order valence-corrected chi connectivity index (χ3v) is 3.10. The van der Waals surface area contributed by atoms with E-state index in [2.05, 4.69) is 0 Å². The molecule has 7 heteroatoms. The minimum absolute atomic E-state index is 0.124. The normalized spacial score (nSPS) is 19.9. The minimum atomic E-state index is -1.06. The van der Waals surface area contributed by atoms with Crippen molar-refractivity contribution in [3.05, 3.63) is 0 Å². The maximum atomic E-state index is 12.4. The van der Waals surface area contributed by atoms with Crippen LogP contribution in [0, 0.1) is 5.92 Å². The van der Waals surface area contributed by atoms with Gasteiger partial charge in [0.05, 0.1) is 0 Å². The first-order valence-corrected chi connectivity index (χ1v) is 7.03. The summed E-state index contributed by atoms with van der Waals surface area (Å²) in [5.41, 5.74) is -0.639. The summed E-state index contributed by atoms with van der Waals surface area (Å²) in [6, 6.07) is -0.687. The van der Waals surface area contributed by atoms with E-state index < -0.39 is 23.7 Å². The molecule has 1 rings (SSSR count). The lowest BCUT2D eigenvalue weighted by molar-refractivity contribution is -0.151. The topological polar surface area (TPSA) is 87.2 Å². The van der Waals surface area contributed by atoms with Crippen molar-refractivity contribution in [2.24, 2.45) is 5.92 Å². The molecule has 1 aliphatic heterocycles. The van der Waals surface area contributed by atoms with Crippen molar-refractivity contribution < 1.29 is 24.2 Å². The smallest absolute Gasteiger partial charge is 0.411 e. The van der Waals surface area contributed by atoms with E-state index in [9.17, 15) is 14.4 Å². The molecule has 0 bridgehead atoms. The van der Waals surface area contributed by atoms with Crippen molar-refractivity contribution in [3.63, 3.8) is 0 Å². The van der Waals surface area contributed by atoms with E-state index in [-0.39, 0.29) is 31.5 Å². The molecule has 0 aliphatic carbocycles. The maximum absolute atomic E-state index is 12.4. The lowest BCUT2D eigenvalue weighted by Gasteiger charge is -2.42. The first-order valence-electron chi connectivity index (χ1n) is 7.03. The molecule has 1 N–H and O–H groups in total. The van der Waals surface area contributed by atoms with E-state index in [4.69, 9.17) is 9.84 Å². The number of nitrogens with zero attached hydrogens (tertiary/aromatic N) is 2. The van der Waals surface area contributed by atoms with Crippen LogP contribution >= 0.6 is 0 Å². The highest BCUT2D eigenvalue weighted by Gasteiger charge is 2.41. The molecule has 0 spiro atoms. The molecule has 1 atom stereocenters. The molecule has 0 aromatic heterocycles. The molecular formula is C14H24N2O5. The third kappa shape index (κ3) is 4.61. The second kappa shape index (κ2) is 6.32. The Bertz CT molecular complexity index is 428. The summed E-state index contributed by atoms with van der Waals surface area (Å²) in [5, 5.41) is 8.84. The Labute approximate surface area is 124 Å². The molecule has 0 aromatic carbocycles. The summed E-state index contributed by atoms with van der Waals surface area (Å²) in [5.74, 6) is -1.53. The van der Waals surface area contributed by atoms with E-state index in [1.807, 2.05) is 13.8 Å². The van der Waals surface area contributed by atoms with E-state index in [0.717, 1.165) is 0 Å². The van der Waals surface area contributed by atoms with Crippen LogP contribution in [0.5, 0.6) is 0 Å². The van der Waals surface area contributed by atoms with Gasteiger partial charge in [-0.15, -0.1) is 0 Å².